The lowest BCUT2D eigenvalue weighted by Crippen LogP contribution is -2.29. The van der Waals surface area contributed by atoms with Crippen LogP contribution in [0.2, 0.25) is 0 Å². The van der Waals surface area contributed by atoms with Crippen LogP contribution in [0.3, 0.4) is 0 Å². The maximum Gasteiger partial charge on any atom is 0.488 e. The zero-order valence-corrected chi connectivity index (χ0v) is 12.2. The molecule has 7 heteroatoms. The van der Waals surface area contributed by atoms with Crippen molar-refractivity contribution in [1.82, 2.24) is 0 Å². The summed E-state index contributed by atoms with van der Waals surface area (Å²) in [7, 11) is 1.88. The molecule has 0 aliphatic carbocycles. The van der Waals surface area contributed by atoms with E-state index in [1.165, 1.54) is 30.3 Å². The summed E-state index contributed by atoms with van der Waals surface area (Å²) in [5.41, 5.74) is 1.40. The average Bonchev–Trinajstić information content (AvgIpc) is 2.47. The summed E-state index contributed by atoms with van der Waals surface area (Å²) < 4.78 is 13.8. The molecule has 0 radical (unpaired) electrons. The molecular weight excluding hydrogens is 286 g/mol. The number of amides is 1. The topological polar surface area (TPSA) is 72.8 Å². The van der Waals surface area contributed by atoms with Crippen LogP contribution < -0.4 is 15.7 Å². The van der Waals surface area contributed by atoms with Gasteiger partial charge in [0.25, 0.3) is 5.91 Å². The molecule has 3 N–H and O–H groups in total. The molecule has 0 bridgehead atoms. The second-order valence-electron chi connectivity index (χ2n) is 5.01. The van der Waals surface area contributed by atoms with E-state index in [1.807, 2.05) is 0 Å². The summed E-state index contributed by atoms with van der Waals surface area (Å²) >= 11 is 0. The normalized spacial score (nSPS) is 10.2. The minimum Gasteiger partial charge on any atom is -0.423 e. The van der Waals surface area contributed by atoms with Gasteiger partial charge in [0, 0.05) is 25.3 Å². The third-order valence-corrected chi connectivity index (χ3v) is 3.16. The number of hydrogen-bond donors (Lipinski definition) is 3. The molecule has 0 unspecified atom stereocenters. The van der Waals surface area contributed by atoms with Gasteiger partial charge in [-0.15, -0.1) is 0 Å². The Balaban J connectivity index is 2.13. The number of nitrogens with one attached hydrogen (secondary N) is 1. The van der Waals surface area contributed by atoms with Gasteiger partial charge in [-0.1, -0.05) is 12.1 Å². The Morgan fingerprint density at radius 1 is 1.14 bits per heavy atom. The lowest BCUT2D eigenvalue weighted by Gasteiger charge is -2.14. The van der Waals surface area contributed by atoms with Crippen LogP contribution >= 0.6 is 0 Å². The van der Waals surface area contributed by atoms with Crippen LogP contribution in [0.4, 0.5) is 15.8 Å². The van der Waals surface area contributed by atoms with E-state index in [9.17, 15) is 9.18 Å². The Morgan fingerprint density at radius 2 is 1.77 bits per heavy atom. The first-order valence-electron chi connectivity index (χ1n) is 6.63. The van der Waals surface area contributed by atoms with Gasteiger partial charge < -0.3 is 20.3 Å². The molecule has 0 saturated carbocycles. The zero-order chi connectivity index (χ0) is 16.3. The van der Waals surface area contributed by atoms with Crippen LogP contribution in [0.5, 0.6) is 0 Å². The fourth-order valence-corrected chi connectivity index (χ4v) is 1.96. The third-order valence-electron chi connectivity index (χ3n) is 3.16. The van der Waals surface area contributed by atoms with E-state index in [-0.39, 0.29) is 5.46 Å². The van der Waals surface area contributed by atoms with Crippen molar-refractivity contribution in [3.8, 4) is 0 Å². The Bertz CT molecular complexity index is 675. The third kappa shape index (κ3) is 3.63. The molecule has 0 atom stereocenters. The molecular formula is C15H16BFN2O3. The lowest BCUT2D eigenvalue weighted by atomic mass is 9.80. The van der Waals surface area contributed by atoms with Gasteiger partial charge in [0.2, 0.25) is 0 Å². The summed E-state index contributed by atoms with van der Waals surface area (Å²) in [5.74, 6) is -0.836. The van der Waals surface area contributed by atoms with Crippen molar-refractivity contribution in [2.75, 3.05) is 24.3 Å². The molecule has 114 valence electrons. The molecule has 2 aromatic carbocycles. The van der Waals surface area contributed by atoms with Gasteiger partial charge in [0.1, 0.15) is 5.82 Å². The largest absolute Gasteiger partial charge is 0.488 e. The molecule has 2 aromatic rings. The van der Waals surface area contributed by atoms with Crippen molar-refractivity contribution in [3.63, 3.8) is 0 Å². The molecule has 0 aliphatic heterocycles. The van der Waals surface area contributed by atoms with Crippen LogP contribution in [-0.4, -0.2) is 37.2 Å². The number of carbonyl (C=O) groups is 1. The monoisotopic (exact) mass is 302 g/mol. The number of nitrogens with zero attached hydrogens (tertiary/aromatic N) is 1. The van der Waals surface area contributed by atoms with Crippen LogP contribution in [0.15, 0.2) is 42.5 Å². The van der Waals surface area contributed by atoms with Crippen molar-refractivity contribution in [2.45, 2.75) is 0 Å². The number of rotatable bonds is 4. The molecule has 0 spiro atoms. The van der Waals surface area contributed by atoms with Crippen molar-refractivity contribution in [3.05, 3.63) is 53.8 Å². The van der Waals surface area contributed by atoms with Gasteiger partial charge in [0.15, 0.2) is 0 Å². The molecule has 22 heavy (non-hydrogen) atoms. The Hall–Kier alpha value is -2.38. The first kappa shape index (κ1) is 16.0. The quantitative estimate of drug-likeness (QED) is 0.731. The maximum atomic E-state index is 13.8. The molecule has 0 aliphatic rings. The minimum atomic E-state index is -1.58. The van der Waals surface area contributed by atoms with Gasteiger partial charge in [-0.05, 0) is 35.8 Å². The second-order valence-corrected chi connectivity index (χ2v) is 5.01. The summed E-state index contributed by atoms with van der Waals surface area (Å²) in [5, 5.41) is 20.6. The number of carbonyl (C=O) groups excluding carboxylic acids is 1. The highest BCUT2D eigenvalue weighted by molar-refractivity contribution is 6.58. The van der Waals surface area contributed by atoms with Gasteiger partial charge in [-0.3, -0.25) is 4.79 Å². The Labute approximate surface area is 128 Å². The highest BCUT2D eigenvalue weighted by Gasteiger charge is 2.13. The summed E-state index contributed by atoms with van der Waals surface area (Å²) in [6.45, 7) is 0. The van der Waals surface area contributed by atoms with Crippen LogP contribution in [0, 0.1) is 5.82 Å². The Kier molecular flexibility index (Phi) is 4.80. The van der Waals surface area contributed by atoms with Crippen LogP contribution in [-0.2, 0) is 0 Å². The van der Waals surface area contributed by atoms with Gasteiger partial charge in [-0.2, -0.15) is 0 Å². The standard InChI is InChI=1S/C15H16BFN2O3/c1-19(2)14-8-7-12(9-13(14)17)18-15(20)10-3-5-11(6-4-10)16(21)22/h3-9,21-22H,1-2H3,(H,18,20). The number of halogens is 1. The van der Waals surface area contributed by atoms with Gasteiger partial charge >= 0.3 is 7.12 Å². The summed E-state index contributed by atoms with van der Waals surface area (Å²) in [6.07, 6.45) is 0. The predicted octanol–water partition coefficient (Wildman–Crippen LogP) is 0.824. The van der Waals surface area contributed by atoms with E-state index in [4.69, 9.17) is 10.0 Å². The van der Waals surface area contributed by atoms with E-state index in [0.29, 0.717) is 16.9 Å². The van der Waals surface area contributed by atoms with Crippen molar-refractivity contribution < 1.29 is 19.2 Å². The van der Waals surface area contributed by atoms with Crippen molar-refractivity contribution in [1.29, 1.82) is 0 Å². The maximum absolute atomic E-state index is 13.8. The molecule has 2 rings (SSSR count). The average molecular weight is 302 g/mol. The molecule has 0 fully saturated rings. The smallest absolute Gasteiger partial charge is 0.423 e. The number of benzene rings is 2. The van der Waals surface area contributed by atoms with Gasteiger partial charge in [-0.25, -0.2) is 4.39 Å². The highest BCUT2D eigenvalue weighted by atomic mass is 19.1. The van der Waals surface area contributed by atoms with Gasteiger partial charge in [0.05, 0.1) is 5.69 Å². The first-order valence-corrected chi connectivity index (χ1v) is 6.63. The SMILES string of the molecule is CN(C)c1ccc(NC(=O)c2ccc(B(O)O)cc2)cc1F. The second kappa shape index (κ2) is 6.59. The fourth-order valence-electron chi connectivity index (χ4n) is 1.96. The van der Waals surface area contributed by atoms with E-state index in [2.05, 4.69) is 5.32 Å². The summed E-state index contributed by atoms with van der Waals surface area (Å²) in [6, 6.07) is 10.3. The summed E-state index contributed by atoms with van der Waals surface area (Å²) in [4.78, 5) is 13.7. The first-order chi connectivity index (χ1) is 10.4. The highest BCUT2D eigenvalue weighted by Crippen LogP contribution is 2.21. The van der Waals surface area contributed by atoms with Crippen LogP contribution in [0.25, 0.3) is 0 Å². The van der Waals surface area contributed by atoms with Crippen LogP contribution in [0.1, 0.15) is 10.4 Å². The molecule has 1 amide bonds. The predicted molar refractivity (Wildman–Crippen MR) is 84.9 cm³/mol. The lowest BCUT2D eigenvalue weighted by molar-refractivity contribution is 0.102. The number of anilines is 2. The molecule has 5 nitrogen and oxygen atoms in total. The van der Waals surface area contributed by atoms with E-state index < -0.39 is 18.8 Å². The molecule has 0 saturated heterocycles. The Morgan fingerprint density at radius 3 is 2.27 bits per heavy atom. The fraction of sp³-hybridized carbons (Fsp3) is 0.133. The molecule has 0 aromatic heterocycles. The van der Waals surface area contributed by atoms with E-state index >= 15 is 0 Å². The zero-order valence-electron chi connectivity index (χ0n) is 12.2. The van der Waals surface area contributed by atoms with Crippen molar-refractivity contribution in [2.24, 2.45) is 0 Å². The molecule has 0 heterocycles. The van der Waals surface area contributed by atoms with Crippen molar-refractivity contribution >= 4 is 29.9 Å². The minimum absolute atomic E-state index is 0.290. The van der Waals surface area contributed by atoms with E-state index in [0.717, 1.165) is 0 Å². The number of hydrogen-bond acceptors (Lipinski definition) is 4. The van der Waals surface area contributed by atoms with E-state index in [1.54, 1.807) is 31.1 Å².